The Morgan fingerprint density at radius 3 is 2.59 bits per heavy atom. The summed E-state index contributed by atoms with van der Waals surface area (Å²) in [6.07, 6.45) is 2.02. The number of aliphatic hydroxyl groups excluding tert-OH is 1. The van der Waals surface area contributed by atoms with Crippen LogP contribution in [0.1, 0.15) is 20.3 Å². The van der Waals surface area contributed by atoms with Crippen LogP contribution in [0.25, 0.3) is 0 Å². The molecule has 2 atom stereocenters. The van der Waals surface area contributed by atoms with E-state index < -0.39 is 0 Å². The van der Waals surface area contributed by atoms with Gasteiger partial charge in [0.1, 0.15) is 22.4 Å². The van der Waals surface area contributed by atoms with Gasteiger partial charge in [-0.05, 0) is 22.4 Å². The van der Waals surface area contributed by atoms with Gasteiger partial charge in [-0.2, -0.15) is 0 Å². The Hall–Kier alpha value is -0.880. The largest absolute Gasteiger partial charge is 0.392 e. The SMILES string of the molecule is CNc1ncnc(NC2CC(O)C2(C)C)c1Br. The zero-order valence-corrected chi connectivity index (χ0v) is 11.7. The first-order valence-corrected chi connectivity index (χ1v) is 6.39. The van der Waals surface area contributed by atoms with Gasteiger partial charge in [0, 0.05) is 18.5 Å². The molecular formula is C11H17BrN4O. The lowest BCUT2D eigenvalue weighted by molar-refractivity contribution is -0.0511. The normalized spacial score (nSPS) is 26.2. The predicted octanol–water partition coefficient (Wildman–Crippen LogP) is 1.85. The number of anilines is 2. The Labute approximate surface area is 109 Å². The fraction of sp³-hybridized carbons (Fsp3) is 0.636. The fourth-order valence-corrected chi connectivity index (χ4v) is 2.47. The van der Waals surface area contributed by atoms with Gasteiger partial charge in [0.05, 0.1) is 6.10 Å². The number of nitrogens with one attached hydrogen (secondary N) is 2. The third-order valence-corrected chi connectivity index (χ3v) is 4.30. The third kappa shape index (κ3) is 2.11. The first-order valence-electron chi connectivity index (χ1n) is 5.59. The van der Waals surface area contributed by atoms with Crippen molar-refractivity contribution in [2.45, 2.75) is 32.4 Å². The van der Waals surface area contributed by atoms with Crippen LogP contribution in [0.3, 0.4) is 0 Å². The quantitative estimate of drug-likeness (QED) is 0.795. The molecule has 0 spiro atoms. The number of rotatable bonds is 3. The van der Waals surface area contributed by atoms with Crippen molar-refractivity contribution in [3.63, 3.8) is 0 Å². The Kier molecular flexibility index (Phi) is 3.27. The number of nitrogens with zero attached hydrogens (tertiary/aromatic N) is 2. The Bertz CT molecular complexity index is 424. The highest BCUT2D eigenvalue weighted by Gasteiger charge is 2.47. The second-order valence-electron chi connectivity index (χ2n) is 4.90. The molecule has 1 fully saturated rings. The first kappa shape index (κ1) is 12.6. The highest BCUT2D eigenvalue weighted by atomic mass is 79.9. The molecule has 3 N–H and O–H groups in total. The van der Waals surface area contributed by atoms with E-state index in [4.69, 9.17) is 0 Å². The van der Waals surface area contributed by atoms with Gasteiger partial charge in [-0.25, -0.2) is 9.97 Å². The Morgan fingerprint density at radius 2 is 2.06 bits per heavy atom. The zero-order valence-electron chi connectivity index (χ0n) is 10.2. The molecule has 1 aliphatic carbocycles. The van der Waals surface area contributed by atoms with Crippen molar-refractivity contribution in [2.75, 3.05) is 17.7 Å². The Morgan fingerprint density at radius 1 is 1.41 bits per heavy atom. The summed E-state index contributed by atoms with van der Waals surface area (Å²) < 4.78 is 0.819. The number of hydrogen-bond acceptors (Lipinski definition) is 5. The summed E-state index contributed by atoms with van der Waals surface area (Å²) in [5.74, 6) is 1.51. The van der Waals surface area contributed by atoms with E-state index in [2.05, 4.69) is 36.5 Å². The van der Waals surface area contributed by atoms with Crippen LogP contribution in [-0.4, -0.2) is 34.3 Å². The minimum absolute atomic E-state index is 0.121. The monoisotopic (exact) mass is 300 g/mol. The lowest BCUT2D eigenvalue weighted by Crippen LogP contribution is -2.57. The summed E-state index contributed by atoms with van der Waals surface area (Å²) in [6.45, 7) is 4.10. The van der Waals surface area contributed by atoms with Crippen LogP contribution in [-0.2, 0) is 0 Å². The molecule has 17 heavy (non-hydrogen) atoms. The van der Waals surface area contributed by atoms with Crippen LogP contribution in [0, 0.1) is 5.41 Å². The van der Waals surface area contributed by atoms with Crippen LogP contribution in [0.4, 0.5) is 11.6 Å². The predicted molar refractivity (Wildman–Crippen MR) is 71.1 cm³/mol. The van der Waals surface area contributed by atoms with Crippen molar-refractivity contribution >= 4 is 27.6 Å². The molecule has 0 saturated heterocycles. The third-order valence-electron chi connectivity index (χ3n) is 3.55. The van der Waals surface area contributed by atoms with Crippen molar-refractivity contribution in [3.05, 3.63) is 10.8 Å². The van der Waals surface area contributed by atoms with Crippen molar-refractivity contribution in [3.8, 4) is 0 Å². The molecule has 94 valence electrons. The van der Waals surface area contributed by atoms with Crippen molar-refractivity contribution in [1.29, 1.82) is 0 Å². The summed E-state index contributed by atoms with van der Waals surface area (Å²) in [4.78, 5) is 8.31. The van der Waals surface area contributed by atoms with Gasteiger partial charge >= 0.3 is 0 Å². The molecule has 1 saturated carbocycles. The van der Waals surface area contributed by atoms with Gasteiger partial charge in [0.25, 0.3) is 0 Å². The molecule has 2 unspecified atom stereocenters. The van der Waals surface area contributed by atoms with Crippen LogP contribution >= 0.6 is 15.9 Å². The van der Waals surface area contributed by atoms with E-state index in [1.807, 2.05) is 20.9 Å². The Balaban J connectivity index is 2.15. The molecule has 0 radical (unpaired) electrons. The maximum Gasteiger partial charge on any atom is 0.146 e. The van der Waals surface area contributed by atoms with Gasteiger partial charge in [-0.1, -0.05) is 13.8 Å². The summed E-state index contributed by atoms with van der Waals surface area (Å²) in [6, 6.07) is 0.230. The molecule has 0 bridgehead atoms. The maximum atomic E-state index is 9.70. The van der Waals surface area contributed by atoms with E-state index in [0.29, 0.717) is 0 Å². The number of aliphatic hydroxyl groups is 1. The molecule has 0 aliphatic heterocycles. The zero-order chi connectivity index (χ0) is 12.6. The lowest BCUT2D eigenvalue weighted by atomic mass is 9.64. The molecule has 5 nitrogen and oxygen atoms in total. The van der Waals surface area contributed by atoms with Gasteiger partial charge < -0.3 is 15.7 Å². The molecular weight excluding hydrogens is 284 g/mol. The summed E-state index contributed by atoms with van der Waals surface area (Å²) >= 11 is 3.46. The van der Waals surface area contributed by atoms with Crippen molar-refractivity contribution < 1.29 is 5.11 Å². The highest BCUT2D eigenvalue weighted by Crippen LogP contribution is 2.43. The van der Waals surface area contributed by atoms with E-state index >= 15 is 0 Å². The average molecular weight is 301 g/mol. The van der Waals surface area contributed by atoms with Gasteiger partial charge in [-0.15, -0.1) is 0 Å². The molecule has 0 aromatic carbocycles. The minimum Gasteiger partial charge on any atom is -0.392 e. The highest BCUT2D eigenvalue weighted by molar-refractivity contribution is 9.10. The molecule has 2 rings (SSSR count). The smallest absolute Gasteiger partial charge is 0.146 e. The molecule has 1 aliphatic rings. The maximum absolute atomic E-state index is 9.70. The molecule has 6 heteroatoms. The summed E-state index contributed by atoms with van der Waals surface area (Å²) in [7, 11) is 1.81. The summed E-state index contributed by atoms with van der Waals surface area (Å²) in [5.41, 5.74) is -0.121. The standard InChI is InChI=1S/C11H17BrN4O/c1-11(2)6(4-7(11)17)16-10-8(12)9(13-3)14-5-15-10/h5-7,17H,4H2,1-3H3,(H2,13,14,15,16). The topological polar surface area (TPSA) is 70.1 Å². The molecule has 1 aromatic heterocycles. The average Bonchev–Trinajstić information content (AvgIpc) is 2.31. The molecule has 1 heterocycles. The first-order chi connectivity index (χ1) is 7.96. The van der Waals surface area contributed by atoms with E-state index in [-0.39, 0.29) is 17.6 Å². The van der Waals surface area contributed by atoms with Crippen LogP contribution in [0.2, 0.25) is 0 Å². The van der Waals surface area contributed by atoms with E-state index in [1.165, 1.54) is 6.33 Å². The minimum atomic E-state index is -0.246. The second-order valence-corrected chi connectivity index (χ2v) is 5.70. The molecule has 0 amide bonds. The van der Waals surface area contributed by atoms with E-state index in [9.17, 15) is 5.11 Å². The number of hydrogen-bond donors (Lipinski definition) is 3. The van der Waals surface area contributed by atoms with Crippen LogP contribution < -0.4 is 10.6 Å². The lowest BCUT2D eigenvalue weighted by Gasteiger charge is -2.49. The fourth-order valence-electron chi connectivity index (χ4n) is 1.96. The van der Waals surface area contributed by atoms with Gasteiger partial charge in [0.2, 0.25) is 0 Å². The van der Waals surface area contributed by atoms with Crippen LogP contribution in [0.15, 0.2) is 10.8 Å². The van der Waals surface area contributed by atoms with Gasteiger partial charge in [-0.3, -0.25) is 0 Å². The number of aromatic nitrogens is 2. The van der Waals surface area contributed by atoms with Crippen molar-refractivity contribution in [2.24, 2.45) is 5.41 Å². The summed E-state index contributed by atoms with van der Waals surface area (Å²) in [5, 5.41) is 16.0. The van der Waals surface area contributed by atoms with Crippen LogP contribution in [0.5, 0.6) is 0 Å². The van der Waals surface area contributed by atoms with Crippen molar-refractivity contribution in [1.82, 2.24) is 9.97 Å². The second kappa shape index (κ2) is 4.42. The van der Waals surface area contributed by atoms with E-state index in [1.54, 1.807) is 0 Å². The van der Waals surface area contributed by atoms with Gasteiger partial charge in [0.15, 0.2) is 0 Å². The number of halogens is 1. The van der Waals surface area contributed by atoms with E-state index in [0.717, 1.165) is 22.5 Å². The molecule has 1 aromatic rings.